The summed E-state index contributed by atoms with van der Waals surface area (Å²) in [6.07, 6.45) is 0.828. The Balaban J connectivity index is 1.50. The van der Waals surface area contributed by atoms with Gasteiger partial charge in [0.05, 0.1) is 0 Å². The van der Waals surface area contributed by atoms with E-state index in [0.717, 1.165) is 12.0 Å². The molecule has 1 aliphatic heterocycles. The van der Waals surface area contributed by atoms with Gasteiger partial charge in [0.25, 0.3) is 0 Å². The summed E-state index contributed by atoms with van der Waals surface area (Å²) in [4.78, 5) is 39.4. The molecule has 1 amide bonds. The minimum atomic E-state index is -1.07. The van der Waals surface area contributed by atoms with E-state index < -0.39 is 17.5 Å². The molecule has 0 saturated heterocycles. The number of hydrogen-bond acceptors (Lipinski definition) is 6. The molecule has 7 heteroatoms. The fourth-order valence-corrected chi connectivity index (χ4v) is 4.34. The highest BCUT2D eigenvalue weighted by Crippen LogP contribution is 2.33. The molecule has 7 nitrogen and oxygen atoms in total. The van der Waals surface area contributed by atoms with Crippen molar-refractivity contribution in [2.75, 3.05) is 18.5 Å². The lowest BCUT2D eigenvalue weighted by atomic mass is 9.89. The molecule has 0 fully saturated rings. The van der Waals surface area contributed by atoms with Gasteiger partial charge in [0.2, 0.25) is 5.91 Å². The number of rotatable bonds is 7. The smallest absolute Gasteiger partial charge is 0.336 e. The van der Waals surface area contributed by atoms with Crippen LogP contribution in [0, 0.1) is 5.92 Å². The molecule has 36 heavy (non-hydrogen) atoms. The second-order valence-corrected chi connectivity index (χ2v) is 8.61. The monoisotopic (exact) mass is 483 g/mol. The molecule has 5 rings (SSSR count). The lowest BCUT2D eigenvalue weighted by Gasteiger charge is -2.20. The van der Waals surface area contributed by atoms with Crippen molar-refractivity contribution >= 4 is 28.3 Å². The zero-order valence-electron chi connectivity index (χ0n) is 19.8. The second kappa shape index (κ2) is 10.1. The first-order valence-electron chi connectivity index (χ1n) is 11.9. The fourth-order valence-electron chi connectivity index (χ4n) is 4.34. The van der Waals surface area contributed by atoms with Crippen LogP contribution in [-0.2, 0) is 17.6 Å². The van der Waals surface area contributed by atoms with Crippen molar-refractivity contribution in [3.05, 3.63) is 99.9 Å². The maximum atomic E-state index is 13.5. The minimum absolute atomic E-state index is 0.0394. The van der Waals surface area contributed by atoms with Gasteiger partial charge >= 0.3 is 5.63 Å². The molecule has 4 aromatic rings. The van der Waals surface area contributed by atoms with E-state index in [0.29, 0.717) is 52.5 Å². The van der Waals surface area contributed by atoms with E-state index in [1.807, 2.05) is 31.2 Å². The minimum Gasteiger partial charge on any atom is -0.486 e. The van der Waals surface area contributed by atoms with Crippen LogP contribution >= 0.6 is 0 Å². The van der Waals surface area contributed by atoms with Gasteiger partial charge in [-0.2, -0.15) is 0 Å². The molecule has 0 saturated carbocycles. The quantitative estimate of drug-likeness (QED) is 0.230. The summed E-state index contributed by atoms with van der Waals surface area (Å²) >= 11 is 0. The van der Waals surface area contributed by atoms with Gasteiger partial charge in [-0.05, 0) is 42.2 Å². The molecule has 3 aromatic carbocycles. The van der Waals surface area contributed by atoms with E-state index in [2.05, 4.69) is 5.32 Å². The average molecular weight is 484 g/mol. The lowest BCUT2D eigenvalue weighted by Crippen LogP contribution is -2.32. The number of ether oxygens (including phenoxy) is 2. The molecule has 1 aromatic heterocycles. The van der Waals surface area contributed by atoms with Crippen molar-refractivity contribution in [3.63, 3.8) is 0 Å². The Morgan fingerprint density at radius 2 is 1.69 bits per heavy atom. The maximum absolute atomic E-state index is 13.5. The van der Waals surface area contributed by atoms with Gasteiger partial charge in [0, 0.05) is 28.8 Å². The van der Waals surface area contributed by atoms with Gasteiger partial charge in [-0.3, -0.25) is 9.59 Å². The van der Waals surface area contributed by atoms with Gasteiger partial charge in [-0.25, -0.2) is 4.79 Å². The van der Waals surface area contributed by atoms with Gasteiger partial charge in [0.15, 0.2) is 17.3 Å². The van der Waals surface area contributed by atoms with E-state index in [1.165, 1.54) is 6.07 Å². The molecular weight excluding hydrogens is 458 g/mol. The Morgan fingerprint density at radius 1 is 0.917 bits per heavy atom. The van der Waals surface area contributed by atoms with Crippen LogP contribution in [0.5, 0.6) is 11.5 Å². The number of carbonyl (C=O) groups is 2. The fraction of sp³-hybridized carbons (Fsp3) is 0.207. The van der Waals surface area contributed by atoms with Crippen LogP contribution in [0.25, 0.3) is 11.0 Å². The summed E-state index contributed by atoms with van der Waals surface area (Å²) in [5.41, 5.74) is 2.42. The number of aryl methyl sites for hydroxylation is 1. The van der Waals surface area contributed by atoms with E-state index >= 15 is 0 Å². The lowest BCUT2D eigenvalue weighted by molar-refractivity contribution is -0.118. The van der Waals surface area contributed by atoms with Gasteiger partial charge < -0.3 is 19.2 Å². The number of carbonyl (C=O) groups excluding carboxylic acids is 2. The van der Waals surface area contributed by atoms with Gasteiger partial charge in [-0.15, -0.1) is 0 Å². The highest BCUT2D eigenvalue weighted by atomic mass is 16.6. The largest absolute Gasteiger partial charge is 0.486 e. The van der Waals surface area contributed by atoms with Crippen LogP contribution in [0.1, 0.15) is 28.4 Å². The Hall–Kier alpha value is -4.39. The molecule has 0 radical (unpaired) electrons. The number of nitrogens with one attached hydrogen (secondary N) is 1. The molecule has 0 spiro atoms. The van der Waals surface area contributed by atoms with Gasteiger partial charge in [0.1, 0.15) is 24.7 Å². The van der Waals surface area contributed by atoms with E-state index in [4.69, 9.17) is 13.9 Å². The summed E-state index contributed by atoms with van der Waals surface area (Å²) in [6.45, 7) is 2.90. The van der Waals surface area contributed by atoms with Crippen molar-refractivity contribution in [2.24, 2.45) is 5.92 Å². The Labute approximate surface area is 207 Å². The number of amides is 1. The first-order chi connectivity index (χ1) is 17.5. The number of anilines is 1. The Kier molecular flexibility index (Phi) is 6.54. The Bertz CT molecular complexity index is 1490. The van der Waals surface area contributed by atoms with Crippen molar-refractivity contribution in [1.82, 2.24) is 0 Å². The first kappa shape index (κ1) is 23.4. The van der Waals surface area contributed by atoms with Crippen LogP contribution in [0.4, 0.5) is 5.69 Å². The molecule has 0 unspecified atom stereocenters. The summed E-state index contributed by atoms with van der Waals surface area (Å²) in [7, 11) is 0. The normalized spacial score (nSPS) is 13.2. The molecule has 0 bridgehead atoms. The molecular formula is C29H25NO6. The van der Waals surface area contributed by atoms with E-state index in [9.17, 15) is 14.4 Å². The standard InChI is InChI=1S/C29H25NO6/c1-2-18-8-10-22-20(16-27(31)36-25(22)14-18)15-23(28(32)19-6-4-3-5-7-19)29(33)30-21-9-11-24-26(17-21)35-13-12-34-24/h3-11,14,16-17,23H,2,12-13,15H2,1H3,(H,30,33)/t23-/m0/s1. The van der Waals surface area contributed by atoms with Crippen LogP contribution in [0.2, 0.25) is 0 Å². The highest BCUT2D eigenvalue weighted by Gasteiger charge is 2.29. The van der Waals surface area contributed by atoms with Crippen LogP contribution < -0.4 is 20.4 Å². The summed E-state index contributed by atoms with van der Waals surface area (Å²) < 4.78 is 16.6. The topological polar surface area (TPSA) is 94.8 Å². The third kappa shape index (κ3) is 4.86. The number of ketones is 1. The molecule has 182 valence electrons. The number of benzene rings is 3. The molecule has 1 atom stereocenters. The number of Topliss-reactive ketones (excluding diaryl/α,β-unsaturated/α-hetero) is 1. The van der Waals surface area contributed by atoms with Crippen LogP contribution in [-0.4, -0.2) is 24.9 Å². The molecule has 2 heterocycles. The second-order valence-electron chi connectivity index (χ2n) is 8.61. The number of hydrogen-bond donors (Lipinski definition) is 1. The zero-order chi connectivity index (χ0) is 25.1. The highest BCUT2D eigenvalue weighted by molar-refractivity contribution is 6.14. The average Bonchev–Trinajstić information content (AvgIpc) is 2.91. The Morgan fingerprint density at radius 3 is 2.47 bits per heavy atom. The van der Waals surface area contributed by atoms with Crippen molar-refractivity contribution in [1.29, 1.82) is 0 Å². The van der Waals surface area contributed by atoms with Crippen LogP contribution in [0.15, 0.2) is 82.0 Å². The van der Waals surface area contributed by atoms with E-state index in [-0.39, 0.29) is 12.2 Å². The number of fused-ring (bicyclic) bond motifs is 2. The van der Waals surface area contributed by atoms with Crippen molar-refractivity contribution < 1.29 is 23.5 Å². The SMILES string of the molecule is CCc1ccc2c(C[C@H](C(=O)Nc3ccc4c(c3)OCCO4)C(=O)c3ccccc3)cc(=O)oc2c1. The van der Waals surface area contributed by atoms with Crippen LogP contribution in [0.3, 0.4) is 0 Å². The summed E-state index contributed by atoms with van der Waals surface area (Å²) in [5, 5.41) is 3.55. The first-order valence-corrected chi connectivity index (χ1v) is 11.9. The van der Waals surface area contributed by atoms with Crippen molar-refractivity contribution in [2.45, 2.75) is 19.8 Å². The predicted molar refractivity (Wildman–Crippen MR) is 136 cm³/mol. The van der Waals surface area contributed by atoms with Crippen molar-refractivity contribution in [3.8, 4) is 11.5 Å². The molecule has 1 N–H and O–H groups in total. The third-order valence-electron chi connectivity index (χ3n) is 6.23. The van der Waals surface area contributed by atoms with E-state index in [1.54, 1.807) is 42.5 Å². The third-order valence-corrected chi connectivity index (χ3v) is 6.23. The maximum Gasteiger partial charge on any atom is 0.336 e. The summed E-state index contributed by atoms with van der Waals surface area (Å²) in [5.74, 6) is -0.755. The molecule has 0 aliphatic carbocycles. The molecule has 1 aliphatic rings. The summed E-state index contributed by atoms with van der Waals surface area (Å²) in [6, 6.07) is 20.8. The van der Waals surface area contributed by atoms with Gasteiger partial charge in [-0.1, -0.05) is 49.4 Å². The zero-order valence-corrected chi connectivity index (χ0v) is 19.8. The predicted octanol–water partition coefficient (Wildman–Crippen LogP) is 4.81.